The highest BCUT2D eigenvalue weighted by Crippen LogP contribution is 2.60. The van der Waals surface area contributed by atoms with Crippen molar-refractivity contribution in [3.8, 4) is 0 Å². The van der Waals surface area contributed by atoms with Crippen LogP contribution < -0.4 is 11.4 Å². The lowest BCUT2D eigenvalue weighted by atomic mass is 10.0. The maximum Gasteiger partial charge on any atom is 0.481 e. The van der Waals surface area contributed by atoms with Crippen molar-refractivity contribution in [3.05, 3.63) is 71.4 Å². The Morgan fingerprint density at radius 3 is 2.10 bits per heavy atom. The van der Waals surface area contributed by atoms with E-state index in [4.69, 9.17) is 29.0 Å². The molecule has 400 valence electrons. The summed E-state index contributed by atoms with van der Waals surface area (Å²) < 4.78 is 56.6. The fourth-order valence-electron chi connectivity index (χ4n) is 7.22. The summed E-state index contributed by atoms with van der Waals surface area (Å²) in [4.78, 5) is 61.8. The van der Waals surface area contributed by atoms with Crippen LogP contribution in [0.3, 0.4) is 0 Å². The van der Waals surface area contributed by atoms with Crippen LogP contribution in [0.5, 0.6) is 0 Å². The number of rotatable bonds is 40. The number of aliphatic hydroxyl groups excluding tert-OH is 3. The van der Waals surface area contributed by atoms with Crippen LogP contribution in [0, 0.1) is 5.92 Å². The Morgan fingerprint density at radius 2 is 1.43 bits per heavy atom. The highest BCUT2D eigenvalue weighted by molar-refractivity contribution is 7.61. The van der Waals surface area contributed by atoms with Crippen LogP contribution >= 0.6 is 15.6 Å². The van der Waals surface area contributed by atoms with Crippen LogP contribution in [-0.4, -0.2) is 96.9 Å². The van der Waals surface area contributed by atoms with E-state index in [0.717, 1.165) is 55.2 Å². The van der Waals surface area contributed by atoms with Gasteiger partial charge in [-0.05, 0) is 56.9 Å². The van der Waals surface area contributed by atoms with Gasteiger partial charge in [0.05, 0.1) is 19.3 Å². The highest BCUT2D eigenvalue weighted by Gasteiger charge is 2.46. The molecule has 1 aromatic heterocycles. The average Bonchev–Trinajstić information content (AvgIpc) is 3.58. The number of aromatic nitrogens is 2. The Bertz CT molecular complexity index is 1890. The zero-order valence-corrected chi connectivity index (χ0v) is 43.4. The van der Waals surface area contributed by atoms with E-state index in [9.17, 15) is 48.6 Å². The first-order valence-electron chi connectivity index (χ1n) is 25.1. The van der Waals surface area contributed by atoms with Gasteiger partial charge < -0.3 is 45.1 Å². The monoisotopic (exact) mass is 1030 g/mol. The van der Waals surface area contributed by atoms with Gasteiger partial charge in [-0.3, -0.25) is 23.2 Å². The number of nitrogens with two attached hydrogens (primary N) is 1. The number of allylic oxidation sites excluding steroid dienone is 6. The van der Waals surface area contributed by atoms with Crippen molar-refractivity contribution in [3.63, 3.8) is 0 Å². The molecule has 2 heterocycles. The summed E-state index contributed by atoms with van der Waals surface area (Å²) >= 11 is 0. The van der Waals surface area contributed by atoms with Gasteiger partial charge in [0, 0.05) is 19.0 Å². The topological polar surface area (TPSA) is 286 Å². The van der Waals surface area contributed by atoms with Crippen molar-refractivity contribution in [2.45, 2.75) is 199 Å². The second-order valence-corrected chi connectivity index (χ2v) is 21.0. The maximum absolute atomic E-state index is 12.8. The van der Waals surface area contributed by atoms with Crippen LogP contribution in [0.25, 0.3) is 0 Å². The summed E-state index contributed by atoms with van der Waals surface area (Å²) in [5.41, 5.74) is 4.58. The van der Waals surface area contributed by atoms with Gasteiger partial charge in [0.15, 0.2) is 12.3 Å². The molecule has 2 rings (SSSR count). The number of esters is 2. The Hall–Kier alpha value is -3.32. The lowest BCUT2D eigenvalue weighted by Crippen LogP contribution is -2.36. The van der Waals surface area contributed by atoms with Crippen molar-refractivity contribution < 1.29 is 71.4 Å². The van der Waals surface area contributed by atoms with Gasteiger partial charge in [0.25, 0.3) is 0 Å². The molecule has 1 aliphatic heterocycles. The van der Waals surface area contributed by atoms with Crippen LogP contribution in [0.2, 0.25) is 0 Å². The van der Waals surface area contributed by atoms with Gasteiger partial charge in [-0.2, -0.15) is 9.29 Å². The molecule has 0 bridgehead atoms. The lowest BCUT2D eigenvalue weighted by Gasteiger charge is -2.21. The summed E-state index contributed by atoms with van der Waals surface area (Å²) in [6.45, 7) is 4.28. The summed E-state index contributed by atoms with van der Waals surface area (Å²) in [5.74, 6) is -0.654. The van der Waals surface area contributed by atoms with Crippen LogP contribution in [-0.2, 0) is 46.3 Å². The Morgan fingerprint density at radius 1 is 0.800 bits per heavy atom. The van der Waals surface area contributed by atoms with Gasteiger partial charge >= 0.3 is 33.3 Å². The minimum atomic E-state index is -5.44. The second-order valence-electron chi connectivity index (χ2n) is 18.0. The van der Waals surface area contributed by atoms with Gasteiger partial charge in [-0.15, -0.1) is 0 Å². The van der Waals surface area contributed by atoms with E-state index in [1.165, 1.54) is 63.9 Å². The predicted octanol–water partition coefficient (Wildman–Crippen LogP) is 8.99. The molecule has 1 saturated heterocycles. The molecule has 8 atom stereocenters. The molecule has 1 fully saturated rings. The van der Waals surface area contributed by atoms with E-state index in [-0.39, 0.29) is 18.7 Å². The largest absolute Gasteiger partial charge is 0.481 e. The fraction of sp³-hybridized carbons (Fsp3) is 0.714. The summed E-state index contributed by atoms with van der Waals surface area (Å²) in [7, 11) is -10.9. The first-order valence-corrected chi connectivity index (χ1v) is 28.1. The number of carbonyl (C=O) groups excluding carboxylic acids is 2. The molecule has 2 unspecified atom stereocenters. The number of unbranched alkanes of at least 4 members (excludes halogenated alkanes) is 14. The molecule has 0 spiro atoms. The maximum atomic E-state index is 12.8. The normalized spacial score (nSPS) is 20.2. The van der Waals surface area contributed by atoms with Gasteiger partial charge in [0.2, 0.25) is 0 Å². The van der Waals surface area contributed by atoms with E-state index in [2.05, 4.69) is 36.1 Å². The second kappa shape index (κ2) is 36.6. The predicted molar refractivity (Wildman–Crippen MR) is 267 cm³/mol. The number of carbonyl (C=O) groups is 2. The summed E-state index contributed by atoms with van der Waals surface area (Å²) in [6.07, 6.45) is 28.1. The van der Waals surface area contributed by atoms with E-state index in [1.54, 1.807) is 12.2 Å². The fourth-order valence-corrected chi connectivity index (χ4v) is 9.33. The number of nitrogens with zero attached hydrogens (tertiary/aromatic N) is 2. The summed E-state index contributed by atoms with van der Waals surface area (Å²) in [6, 6.07) is 1.24. The van der Waals surface area contributed by atoms with E-state index in [0.29, 0.717) is 32.1 Å². The Kier molecular flexibility index (Phi) is 32.8. The highest BCUT2D eigenvalue weighted by atomic mass is 31.3. The van der Waals surface area contributed by atoms with E-state index < -0.39 is 89.8 Å². The number of hydrogen-bond donors (Lipinski definition) is 6. The molecule has 70 heavy (non-hydrogen) atoms. The number of aliphatic hydroxyl groups is 3. The molecule has 0 amide bonds. The quantitative estimate of drug-likeness (QED) is 0.0117. The number of anilines is 1. The third-order valence-corrected chi connectivity index (χ3v) is 13.8. The first kappa shape index (κ1) is 62.8. The molecule has 21 heteroatoms. The number of phosphoric acid groups is 2. The number of ether oxygens (including phenoxy) is 3. The van der Waals surface area contributed by atoms with Crippen molar-refractivity contribution in [1.29, 1.82) is 0 Å². The van der Waals surface area contributed by atoms with Gasteiger partial charge in [-0.25, -0.2) is 13.9 Å². The third kappa shape index (κ3) is 29.9. The van der Waals surface area contributed by atoms with Crippen LogP contribution in [0.4, 0.5) is 5.82 Å². The van der Waals surface area contributed by atoms with Crippen molar-refractivity contribution >= 4 is 33.4 Å². The molecule has 0 saturated carbocycles. The Balaban J connectivity index is 1.85. The zero-order chi connectivity index (χ0) is 51.6. The SMILES string of the molecule is CCCCC/C=C\C[C@@H](O)/C=C/C=C\C/C=C\CCCC(=O)OC[C@H](COP(=O)(O)OP(=O)(O)OC[C@H]1O[C@@H](n2ccc(N)nc2=O)[C@H](O)[C@@H]1O)OC(=O)CCCCCCCCCCCCCC(C)C. The molecule has 0 aliphatic carbocycles. The molecule has 0 aromatic carbocycles. The molecule has 0 radical (unpaired) electrons. The van der Waals surface area contributed by atoms with Crippen molar-refractivity contribution in [1.82, 2.24) is 9.55 Å². The van der Waals surface area contributed by atoms with Gasteiger partial charge in [0.1, 0.15) is 30.7 Å². The minimum Gasteiger partial charge on any atom is -0.462 e. The Labute approximate surface area is 414 Å². The molecule has 19 nitrogen and oxygen atoms in total. The lowest BCUT2D eigenvalue weighted by molar-refractivity contribution is -0.161. The molecule has 1 aromatic rings. The number of nitrogen functional groups attached to an aromatic ring is 1. The van der Waals surface area contributed by atoms with Crippen molar-refractivity contribution in [2.24, 2.45) is 5.92 Å². The number of hydrogen-bond acceptors (Lipinski definition) is 16. The molecule has 1 aliphatic rings. The van der Waals surface area contributed by atoms with E-state index in [1.807, 2.05) is 30.4 Å². The zero-order valence-electron chi connectivity index (χ0n) is 41.6. The standard InChI is InChI=1S/C49H83N3O16P2/c1-4-5-6-7-20-25-30-40(53)31-26-21-16-13-14-17-22-27-32-44(54)63-36-41(66-45(55)33-28-23-18-12-10-8-9-11-15-19-24-29-39(2)3)37-64-69(59,60)68-70(61,62)65-38-42-46(56)47(57)48(67-42)52-35-34-43(50)51-49(52)58/h14,16-17,20-21,25-26,31,34-35,39-42,46-48,53,56-57H,4-13,15,18-19,22-24,27-30,32-33,36-38H2,1-3H3,(H,59,60)(H,61,62)(H2,50,51,58)/b17-14-,21-16-,25-20-,31-26+/t40-,41-,42-,46-,47-,48-/m1/s1. The van der Waals surface area contributed by atoms with Crippen LogP contribution in [0.1, 0.15) is 168 Å². The third-order valence-electron chi connectivity index (χ3n) is 11.2. The first-order chi connectivity index (χ1) is 33.4. The summed E-state index contributed by atoms with van der Waals surface area (Å²) in [5, 5.41) is 31.0. The smallest absolute Gasteiger partial charge is 0.462 e. The molecular formula is C49H83N3O16P2. The minimum absolute atomic E-state index is 0.0190. The van der Waals surface area contributed by atoms with Gasteiger partial charge in [-0.1, -0.05) is 153 Å². The van der Waals surface area contributed by atoms with E-state index >= 15 is 0 Å². The molecular weight excluding hydrogens is 948 g/mol. The average molecular weight is 1030 g/mol. The van der Waals surface area contributed by atoms with Crippen LogP contribution in [0.15, 0.2) is 65.7 Å². The number of phosphoric ester groups is 2. The molecule has 7 N–H and O–H groups in total. The van der Waals surface area contributed by atoms with Crippen molar-refractivity contribution in [2.75, 3.05) is 25.6 Å².